The van der Waals surface area contributed by atoms with Gasteiger partial charge in [0.2, 0.25) is 5.60 Å². The maximum absolute atomic E-state index is 13.4. The van der Waals surface area contributed by atoms with Crippen molar-refractivity contribution in [1.82, 2.24) is 15.2 Å². The maximum Gasteiger partial charge on any atom is 0.378 e. The molecule has 2 aliphatic rings. The summed E-state index contributed by atoms with van der Waals surface area (Å²) in [5.74, 6) is -3.52. The van der Waals surface area contributed by atoms with Crippen molar-refractivity contribution in [3.8, 4) is 0 Å². The van der Waals surface area contributed by atoms with E-state index in [1.54, 1.807) is 40.0 Å². The van der Waals surface area contributed by atoms with Gasteiger partial charge in [-0.2, -0.15) is 0 Å². The Bertz CT molecular complexity index is 1290. The highest BCUT2D eigenvalue weighted by Gasteiger charge is 2.59. The van der Waals surface area contributed by atoms with Gasteiger partial charge in [-0.25, -0.2) is 14.6 Å². The van der Waals surface area contributed by atoms with Crippen LogP contribution in [-0.2, 0) is 44.2 Å². The fraction of sp³-hybridized carbons (Fsp3) is 0.565. The van der Waals surface area contributed by atoms with Crippen molar-refractivity contribution in [1.29, 1.82) is 0 Å². The van der Waals surface area contributed by atoms with Crippen LogP contribution in [-0.4, -0.2) is 85.4 Å². The lowest BCUT2D eigenvalue weighted by Gasteiger charge is -2.50. The first-order valence-corrected chi connectivity index (χ1v) is 14.4. The van der Waals surface area contributed by atoms with Crippen LogP contribution >= 0.6 is 22.9 Å². The van der Waals surface area contributed by atoms with Crippen molar-refractivity contribution >= 4 is 71.3 Å². The third-order valence-corrected chi connectivity index (χ3v) is 8.73. The smallest absolute Gasteiger partial charge is 0.378 e. The molecule has 3 heterocycles. The molecule has 0 bridgehead atoms. The minimum Gasteiger partial charge on any atom is -0.539 e. The number of amides is 2. The van der Waals surface area contributed by atoms with Crippen LogP contribution in [0.3, 0.4) is 0 Å². The van der Waals surface area contributed by atoms with Gasteiger partial charge in [0.25, 0.3) is 11.8 Å². The van der Waals surface area contributed by atoms with Gasteiger partial charge in [-0.3, -0.25) is 18.7 Å². The number of nitrogens with one attached hydrogen (secondary N) is 1. The van der Waals surface area contributed by atoms with Gasteiger partial charge in [0.1, 0.15) is 28.4 Å². The van der Waals surface area contributed by atoms with Crippen LogP contribution < -0.4 is 5.32 Å². The van der Waals surface area contributed by atoms with Crippen LogP contribution in [0, 0.1) is 6.92 Å². The van der Waals surface area contributed by atoms with Gasteiger partial charge in [-0.05, 0) is 54.0 Å². The number of nitrogens with zero attached hydrogens (tertiary/aromatic N) is 3. The molecule has 0 aliphatic carbocycles. The molecule has 39 heavy (non-hydrogen) atoms. The highest BCUT2D eigenvalue weighted by molar-refractivity contribution is 7.86. The number of hydrogen-bond donors (Lipinski definition) is 1. The van der Waals surface area contributed by atoms with Crippen molar-refractivity contribution in [2.75, 3.05) is 5.88 Å². The number of esters is 1. The maximum atomic E-state index is 13.4. The van der Waals surface area contributed by atoms with Crippen LogP contribution in [0.4, 0.5) is 0 Å². The molecule has 1 fully saturated rings. The van der Waals surface area contributed by atoms with E-state index >= 15 is 0 Å². The molecule has 0 saturated carbocycles. The van der Waals surface area contributed by atoms with Crippen molar-refractivity contribution in [3.05, 3.63) is 27.4 Å². The number of β-lactam (4-membered cyclic amide) rings is 1. The van der Waals surface area contributed by atoms with E-state index < -0.39 is 62.4 Å². The topological polar surface area (TPSA) is 154 Å². The van der Waals surface area contributed by atoms with E-state index in [4.69, 9.17) is 29.2 Å². The summed E-state index contributed by atoms with van der Waals surface area (Å²) >= 11 is 7.20. The van der Waals surface area contributed by atoms with Crippen molar-refractivity contribution in [2.24, 2.45) is 5.16 Å². The molecule has 1 unspecified atom stereocenters. The quantitative estimate of drug-likeness (QED) is 0.116. The fourth-order valence-corrected chi connectivity index (χ4v) is 6.52. The first-order valence-electron chi connectivity index (χ1n) is 11.7. The van der Waals surface area contributed by atoms with E-state index in [9.17, 15) is 23.4 Å². The zero-order valence-corrected chi connectivity index (χ0v) is 24.8. The Hall–Kier alpha value is -2.78. The SMILES string of the molecule is [B]OC(=O)C1=C(CCl)[C@H](C)S(=O)[C@@H]2[C@H](NC(=O)/C(=N\OC(C)(C)C(=O)OC(C)(C)C)c3csc(C)n3)C(=O)N12. The number of rotatable bonds is 8. The largest absolute Gasteiger partial charge is 0.539 e. The highest BCUT2D eigenvalue weighted by atomic mass is 35.5. The van der Waals surface area contributed by atoms with Crippen LogP contribution in [0.5, 0.6) is 0 Å². The summed E-state index contributed by atoms with van der Waals surface area (Å²) in [6.07, 6.45) is 0. The molecule has 0 aromatic carbocycles. The number of alkyl halides is 1. The van der Waals surface area contributed by atoms with Gasteiger partial charge in [-0.1, -0.05) is 5.16 Å². The summed E-state index contributed by atoms with van der Waals surface area (Å²) in [7, 11) is 3.30. The number of carbonyl (C=O) groups excluding carboxylic acids is 4. The molecule has 2 amide bonds. The second kappa shape index (κ2) is 11.4. The Labute approximate surface area is 238 Å². The number of thiazole rings is 1. The predicted octanol–water partition coefficient (Wildman–Crippen LogP) is 1.22. The Morgan fingerprint density at radius 1 is 1.28 bits per heavy atom. The monoisotopic (exact) mass is 598 g/mol. The van der Waals surface area contributed by atoms with Gasteiger partial charge in [0, 0.05) is 11.3 Å². The Balaban J connectivity index is 1.90. The van der Waals surface area contributed by atoms with E-state index in [2.05, 4.69) is 20.1 Å². The minimum atomic E-state index is -1.74. The number of fused-ring (bicyclic) bond motifs is 1. The molecule has 12 nitrogen and oxygen atoms in total. The van der Waals surface area contributed by atoms with Crippen molar-refractivity contribution in [2.45, 2.75) is 76.3 Å². The highest BCUT2D eigenvalue weighted by Crippen LogP contribution is 2.38. The molecule has 1 aromatic heterocycles. The van der Waals surface area contributed by atoms with E-state index in [1.807, 2.05) is 0 Å². The molecule has 0 spiro atoms. The lowest BCUT2D eigenvalue weighted by molar-refractivity contribution is -0.179. The molecule has 1 aromatic rings. The van der Waals surface area contributed by atoms with Gasteiger partial charge in [0.05, 0.1) is 21.1 Å². The normalized spacial score (nSPS) is 23.5. The van der Waals surface area contributed by atoms with Crippen molar-refractivity contribution < 1.29 is 37.6 Å². The molecule has 1 saturated heterocycles. The van der Waals surface area contributed by atoms with E-state index in [0.29, 0.717) is 5.01 Å². The molecule has 1 N–H and O–H groups in total. The summed E-state index contributed by atoms with van der Waals surface area (Å²) in [4.78, 5) is 62.1. The summed E-state index contributed by atoms with van der Waals surface area (Å²) < 4.78 is 22.9. The van der Waals surface area contributed by atoms with Gasteiger partial charge >= 0.3 is 20.0 Å². The number of carbonyl (C=O) groups is 4. The molecule has 2 radical (unpaired) electrons. The second-order valence-corrected chi connectivity index (χ2v) is 13.4. The summed E-state index contributed by atoms with van der Waals surface area (Å²) in [6.45, 7) is 11.2. The minimum absolute atomic E-state index is 0.133. The van der Waals surface area contributed by atoms with Gasteiger partial charge in [-0.15, -0.1) is 22.9 Å². The molecule has 210 valence electrons. The molecule has 3 rings (SSSR count). The number of oxime groups is 1. The number of halogens is 1. The Kier molecular flexibility index (Phi) is 8.97. The number of hydrogen-bond acceptors (Lipinski definition) is 11. The van der Waals surface area contributed by atoms with E-state index in [0.717, 1.165) is 4.90 Å². The molecular weight excluding hydrogens is 571 g/mol. The number of aromatic nitrogens is 1. The zero-order chi connectivity index (χ0) is 29.4. The molecule has 2 aliphatic heterocycles. The predicted molar refractivity (Wildman–Crippen MR) is 144 cm³/mol. The first-order chi connectivity index (χ1) is 18.0. The molecular formula is C23H28BClN4O8S2. The van der Waals surface area contributed by atoms with E-state index in [-0.39, 0.29) is 28.6 Å². The van der Waals surface area contributed by atoms with E-state index in [1.165, 1.54) is 25.2 Å². The Morgan fingerprint density at radius 3 is 2.44 bits per heavy atom. The lowest BCUT2D eigenvalue weighted by atomic mass is 10.0. The van der Waals surface area contributed by atoms with Crippen LogP contribution in [0.2, 0.25) is 0 Å². The third-order valence-electron chi connectivity index (χ3n) is 5.73. The lowest BCUT2D eigenvalue weighted by Crippen LogP contribution is -2.74. The average Bonchev–Trinajstić information content (AvgIpc) is 3.27. The van der Waals surface area contributed by atoms with Crippen LogP contribution in [0.1, 0.15) is 52.2 Å². The molecule has 16 heteroatoms. The van der Waals surface area contributed by atoms with Gasteiger partial charge in [0.15, 0.2) is 5.71 Å². The zero-order valence-electron chi connectivity index (χ0n) is 22.4. The van der Waals surface area contributed by atoms with Crippen LogP contribution in [0.15, 0.2) is 21.8 Å². The third kappa shape index (κ3) is 6.20. The number of aryl methyl sites for hydroxylation is 1. The Morgan fingerprint density at radius 2 is 1.92 bits per heavy atom. The van der Waals surface area contributed by atoms with Crippen molar-refractivity contribution in [3.63, 3.8) is 0 Å². The summed E-state index contributed by atoms with van der Waals surface area (Å²) in [5, 5.41) is 6.79. The number of ether oxygens (including phenoxy) is 1. The average molecular weight is 599 g/mol. The van der Waals surface area contributed by atoms with Crippen LogP contribution in [0.25, 0.3) is 0 Å². The standard InChI is InChI=1S/C23H28BClN4O8S2/c1-10-12(8-25)16(20(32)36-24)29-18(31)15(19(29)39(10)34)27-17(30)14(13-9-38-11(2)26-13)28-37-23(6,7)21(33)35-22(3,4)5/h9-10,15,19H,8H2,1-7H3,(H,27,30)/b28-14-/t10-,15+,19+,39?/m0/s1. The molecule has 4 atom stereocenters. The summed E-state index contributed by atoms with van der Waals surface area (Å²) in [5.41, 5.74) is -2.52. The summed E-state index contributed by atoms with van der Waals surface area (Å²) in [6, 6.07) is -1.28. The van der Waals surface area contributed by atoms with Gasteiger partial charge < -0.3 is 19.5 Å². The second-order valence-electron chi connectivity index (χ2n) is 10.2. The first kappa shape index (κ1) is 30.8. The fourth-order valence-electron chi connectivity index (χ4n) is 3.71.